The predicted octanol–water partition coefficient (Wildman–Crippen LogP) is 4.45. The van der Waals surface area contributed by atoms with Crippen LogP contribution in [0.15, 0.2) is 30.9 Å². The molecule has 0 atom stereocenters. The molecule has 0 radical (unpaired) electrons. The Bertz CT molecular complexity index is 764. The molecular weight excluding hydrogens is 342 g/mol. The maximum Gasteiger partial charge on any atom is 0.229 e. The average molecular weight is 362 g/mol. The van der Waals surface area contributed by atoms with E-state index in [4.69, 9.17) is 0 Å². The van der Waals surface area contributed by atoms with Crippen molar-refractivity contribution >= 4 is 22.4 Å². The van der Waals surface area contributed by atoms with Crippen molar-refractivity contribution in [3.63, 3.8) is 0 Å². The van der Waals surface area contributed by atoms with Crippen LogP contribution in [0.1, 0.15) is 35.4 Å². The van der Waals surface area contributed by atoms with E-state index in [9.17, 15) is 13.6 Å². The van der Waals surface area contributed by atoms with Crippen molar-refractivity contribution in [2.45, 2.75) is 38.5 Å². The minimum Gasteiger partial charge on any atom is -0.284 e. The lowest BCUT2D eigenvalue weighted by Gasteiger charge is -2.18. The fourth-order valence-corrected chi connectivity index (χ4v) is 4.16. The van der Waals surface area contributed by atoms with Crippen LogP contribution in [-0.4, -0.2) is 17.4 Å². The summed E-state index contributed by atoms with van der Waals surface area (Å²) in [5, 5.41) is 0.677. The summed E-state index contributed by atoms with van der Waals surface area (Å²) < 4.78 is 27.0. The van der Waals surface area contributed by atoms with E-state index in [0.29, 0.717) is 11.7 Å². The molecule has 1 amide bonds. The number of halogens is 2. The summed E-state index contributed by atoms with van der Waals surface area (Å²) in [6.07, 6.45) is 6.15. The molecule has 0 N–H and O–H groups in total. The maximum absolute atomic E-state index is 13.8. The summed E-state index contributed by atoms with van der Waals surface area (Å²) >= 11 is 1.55. The molecule has 1 aromatic heterocycles. The number of rotatable bonds is 6. The highest BCUT2D eigenvalue weighted by Crippen LogP contribution is 2.32. The number of fused-ring (bicyclic) bond motifs is 1. The molecule has 2 aromatic rings. The number of nitrogens with zero attached hydrogens (tertiary/aromatic N) is 2. The third-order valence-electron chi connectivity index (χ3n) is 4.32. The molecule has 0 saturated carbocycles. The van der Waals surface area contributed by atoms with E-state index in [0.717, 1.165) is 37.4 Å². The minimum absolute atomic E-state index is 0.0957. The van der Waals surface area contributed by atoms with Crippen LogP contribution in [0.2, 0.25) is 0 Å². The van der Waals surface area contributed by atoms with E-state index in [1.165, 1.54) is 17.0 Å². The van der Waals surface area contributed by atoms with Gasteiger partial charge >= 0.3 is 0 Å². The second-order valence-electron chi connectivity index (χ2n) is 6.08. The molecular formula is C19H20F2N2OS. The van der Waals surface area contributed by atoms with E-state index >= 15 is 0 Å². The molecule has 1 aliphatic rings. The molecule has 0 saturated heterocycles. The fourth-order valence-electron chi connectivity index (χ4n) is 2.99. The molecule has 0 bridgehead atoms. The van der Waals surface area contributed by atoms with Gasteiger partial charge in [0.05, 0.1) is 5.69 Å². The van der Waals surface area contributed by atoms with E-state index < -0.39 is 11.6 Å². The molecule has 0 aliphatic heterocycles. The predicted molar refractivity (Wildman–Crippen MR) is 96.0 cm³/mol. The molecule has 1 aromatic carbocycles. The van der Waals surface area contributed by atoms with Gasteiger partial charge in [0, 0.05) is 17.8 Å². The largest absolute Gasteiger partial charge is 0.284 e. The van der Waals surface area contributed by atoms with Crippen LogP contribution in [0, 0.1) is 11.6 Å². The van der Waals surface area contributed by atoms with Gasteiger partial charge in [-0.3, -0.25) is 9.69 Å². The van der Waals surface area contributed by atoms with Crippen molar-refractivity contribution in [3.8, 4) is 0 Å². The fraction of sp³-hybridized carbons (Fsp3) is 0.368. The van der Waals surface area contributed by atoms with Crippen molar-refractivity contribution in [1.29, 1.82) is 0 Å². The Hall–Kier alpha value is -2.08. The number of aromatic nitrogens is 1. The van der Waals surface area contributed by atoms with E-state index in [1.54, 1.807) is 22.3 Å². The van der Waals surface area contributed by atoms with Crippen LogP contribution in [0.25, 0.3) is 0 Å². The third kappa shape index (κ3) is 3.95. The summed E-state index contributed by atoms with van der Waals surface area (Å²) in [5.74, 6) is -1.93. The van der Waals surface area contributed by atoms with Crippen molar-refractivity contribution in [2.24, 2.45) is 0 Å². The van der Waals surface area contributed by atoms with E-state index in [1.807, 2.05) is 0 Å². The van der Waals surface area contributed by atoms with Crippen LogP contribution in [0.5, 0.6) is 0 Å². The van der Waals surface area contributed by atoms with Crippen molar-refractivity contribution in [3.05, 3.63) is 58.6 Å². The van der Waals surface area contributed by atoms with Gasteiger partial charge in [0.25, 0.3) is 0 Å². The lowest BCUT2D eigenvalue weighted by Crippen LogP contribution is -2.31. The highest BCUT2D eigenvalue weighted by Gasteiger charge is 2.22. The van der Waals surface area contributed by atoms with Gasteiger partial charge < -0.3 is 0 Å². The number of carbonyl (C=O) groups is 1. The Balaban J connectivity index is 1.73. The van der Waals surface area contributed by atoms with Gasteiger partial charge in [-0.05, 0) is 43.7 Å². The van der Waals surface area contributed by atoms with Gasteiger partial charge in [-0.15, -0.1) is 17.9 Å². The zero-order chi connectivity index (χ0) is 17.8. The molecule has 0 fully saturated rings. The summed E-state index contributed by atoms with van der Waals surface area (Å²) in [6.45, 7) is 4.07. The normalized spacial score (nSPS) is 13.4. The van der Waals surface area contributed by atoms with Crippen LogP contribution < -0.4 is 4.90 Å². The number of carbonyl (C=O) groups excluding carboxylic acids is 1. The highest BCUT2D eigenvalue weighted by molar-refractivity contribution is 7.16. The van der Waals surface area contributed by atoms with Crippen LogP contribution in [0.3, 0.4) is 0 Å². The molecule has 6 heteroatoms. The van der Waals surface area contributed by atoms with Gasteiger partial charge in [0.1, 0.15) is 0 Å². The van der Waals surface area contributed by atoms with Crippen LogP contribution in [0.4, 0.5) is 13.9 Å². The van der Waals surface area contributed by atoms with Gasteiger partial charge in [-0.2, -0.15) is 0 Å². The summed E-state index contributed by atoms with van der Waals surface area (Å²) in [4.78, 5) is 20.1. The quantitative estimate of drug-likeness (QED) is 0.711. The molecule has 0 spiro atoms. The third-order valence-corrected chi connectivity index (χ3v) is 5.50. The number of benzene rings is 1. The van der Waals surface area contributed by atoms with Gasteiger partial charge in [0.2, 0.25) is 5.91 Å². The Morgan fingerprint density at radius 2 is 2.12 bits per heavy atom. The average Bonchev–Trinajstić information content (AvgIpc) is 3.04. The number of thiazole rings is 1. The molecule has 3 rings (SSSR count). The van der Waals surface area contributed by atoms with Crippen molar-refractivity contribution in [2.75, 3.05) is 11.4 Å². The smallest absolute Gasteiger partial charge is 0.229 e. The number of hydrogen-bond donors (Lipinski definition) is 0. The van der Waals surface area contributed by atoms with Crippen molar-refractivity contribution < 1.29 is 13.6 Å². The standard InChI is InChI=1S/C19H20F2N2OS/c1-2-12-23(19-22-15-8-3-4-9-16(15)25-19)17(24)11-10-13-6-5-7-14(20)18(13)21/h2,5-7H,1,3-4,8-12H2. The zero-order valence-corrected chi connectivity index (χ0v) is 14.7. The Morgan fingerprint density at radius 1 is 1.32 bits per heavy atom. The summed E-state index contributed by atoms with van der Waals surface area (Å²) in [5.41, 5.74) is 1.30. The number of anilines is 1. The second-order valence-corrected chi connectivity index (χ2v) is 7.14. The van der Waals surface area contributed by atoms with Crippen molar-refractivity contribution in [1.82, 2.24) is 4.98 Å². The van der Waals surface area contributed by atoms with E-state index in [2.05, 4.69) is 11.6 Å². The first-order chi connectivity index (χ1) is 12.1. The lowest BCUT2D eigenvalue weighted by molar-refractivity contribution is -0.118. The molecule has 1 heterocycles. The van der Waals surface area contributed by atoms with E-state index in [-0.39, 0.29) is 24.3 Å². The highest BCUT2D eigenvalue weighted by atomic mass is 32.1. The zero-order valence-electron chi connectivity index (χ0n) is 13.9. The Morgan fingerprint density at radius 3 is 2.88 bits per heavy atom. The SMILES string of the molecule is C=CCN(C(=O)CCc1cccc(F)c1F)c1nc2c(s1)CCCC2. The number of aryl methyl sites for hydroxylation is 3. The molecule has 1 aliphatic carbocycles. The molecule has 132 valence electrons. The van der Waals surface area contributed by atoms with Gasteiger partial charge in [-0.1, -0.05) is 18.2 Å². The number of hydrogen-bond acceptors (Lipinski definition) is 3. The molecule has 0 unspecified atom stereocenters. The van der Waals surface area contributed by atoms with Gasteiger partial charge in [0.15, 0.2) is 16.8 Å². The lowest BCUT2D eigenvalue weighted by atomic mass is 10.0. The van der Waals surface area contributed by atoms with Crippen LogP contribution >= 0.6 is 11.3 Å². The minimum atomic E-state index is -0.888. The summed E-state index contributed by atoms with van der Waals surface area (Å²) in [6, 6.07) is 4.03. The second kappa shape index (κ2) is 7.87. The number of amides is 1. The topological polar surface area (TPSA) is 33.2 Å². The Labute approximate surface area is 150 Å². The first-order valence-electron chi connectivity index (χ1n) is 8.43. The summed E-state index contributed by atoms with van der Waals surface area (Å²) in [7, 11) is 0. The first kappa shape index (κ1) is 17.7. The van der Waals surface area contributed by atoms with Gasteiger partial charge in [-0.25, -0.2) is 13.8 Å². The maximum atomic E-state index is 13.8. The van der Waals surface area contributed by atoms with Crippen LogP contribution in [-0.2, 0) is 24.1 Å². The molecule has 3 nitrogen and oxygen atoms in total. The monoisotopic (exact) mass is 362 g/mol. The first-order valence-corrected chi connectivity index (χ1v) is 9.24. The Kier molecular flexibility index (Phi) is 5.58. The molecule has 25 heavy (non-hydrogen) atoms.